The molecule has 0 atom stereocenters. The van der Waals surface area contributed by atoms with Crippen molar-refractivity contribution in [3.63, 3.8) is 0 Å². The normalized spacial score (nSPS) is 16.9. The Morgan fingerprint density at radius 3 is 2.80 bits per heavy atom. The van der Waals surface area contributed by atoms with Crippen LogP contribution in [-0.2, 0) is 0 Å². The van der Waals surface area contributed by atoms with Crippen molar-refractivity contribution in [2.75, 3.05) is 0 Å². The molecule has 0 amide bonds. The van der Waals surface area contributed by atoms with Gasteiger partial charge in [-0.25, -0.2) is 0 Å². The molecule has 0 bridgehead atoms. The van der Waals surface area contributed by atoms with Gasteiger partial charge in [-0.15, -0.1) is 0 Å². The molecule has 0 fully saturated rings. The van der Waals surface area contributed by atoms with Crippen LogP contribution in [-0.4, -0.2) is 5.78 Å². The van der Waals surface area contributed by atoms with E-state index in [9.17, 15) is 4.79 Å². The van der Waals surface area contributed by atoms with Crippen LogP contribution in [0.5, 0.6) is 0 Å². The fourth-order valence-corrected chi connectivity index (χ4v) is 1.72. The first-order valence-corrected chi connectivity index (χ1v) is 5.35. The predicted molar refractivity (Wildman–Crippen MR) is 62.8 cm³/mol. The molecule has 1 nitrogen and oxygen atoms in total. The van der Waals surface area contributed by atoms with Crippen molar-refractivity contribution in [1.82, 2.24) is 0 Å². The zero-order valence-corrected chi connectivity index (χ0v) is 8.86. The maximum absolute atomic E-state index is 12.0. The third-order valence-electron chi connectivity index (χ3n) is 2.56. The molecule has 1 aromatic carbocycles. The lowest BCUT2D eigenvalue weighted by molar-refractivity contribution is 0.103. The Balaban J connectivity index is 2.37. The van der Waals surface area contributed by atoms with Crippen LogP contribution < -0.4 is 0 Å². The second-order valence-electron chi connectivity index (χ2n) is 3.70. The van der Waals surface area contributed by atoms with E-state index in [2.05, 4.69) is 6.92 Å². The van der Waals surface area contributed by atoms with Crippen molar-refractivity contribution >= 4 is 11.9 Å². The second kappa shape index (κ2) is 4.26. The van der Waals surface area contributed by atoms with E-state index in [1.165, 1.54) is 0 Å². The molecule has 1 aliphatic rings. The van der Waals surface area contributed by atoms with Gasteiger partial charge in [0.05, 0.1) is 0 Å². The molecule has 15 heavy (non-hydrogen) atoms. The van der Waals surface area contributed by atoms with Gasteiger partial charge in [0.15, 0.2) is 5.78 Å². The maximum Gasteiger partial charge on any atom is 0.193 e. The van der Waals surface area contributed by atoms with Crippen LogP contribution in [0.2, 0.25) is 0 Å². The fraction of sp³-hybridized carbons (Fsp3) is 0.214. The zero-order chi connectivity index (χ0) is 10.7. The Morgan fingerprint density at radius 1 is 1.20 bits per heavy atom. The smallest absolute Gasteiger partial charge is 0.193 e. The van der Waals surface area contributed by atoms with Gasteiger partial charge in [0.25, 0.3) is 0 Å². The number of rotatable bonds is 2. The van der Waals surface area contributed by atoms with E-state index in [1.54, 1.807) is 0 Å². The second-order valence-corrected chi connectivity index (χ2v) is 3.70. The lowest BCUT2D eigenvalue weighted by Crippen LogP contribution is -2.07. The highest BCUT2D eigenvalue weighted by Crippen LogP contribution is 2.22. The van der Waals surface area contributed by atoms with Crippen LogP contribution in [0.15, 0.2) is 42.0 Å². The molecule has 0 saturated heterocycles. The molecular weight excluding hydrogens is 184 g/mol. The Morgan fingerprint density at radius 2 is 2.00 bits per heavy atom. The van der Waals surface area contributed by atoms with Crippen molar-refractivity contribution in [3.05, 3.63) is 53.1 Å². The summed E-state index contributed by atoms with van der Waals surface area (Å²) < 4.78 is 0. The van der Waals surface area contributed by atoms with E-state index in [4.69, 9.17) is 0 Å². The first-order valence-electron chi connectivity index (χ1n) is 5.35. The molecule has 2 rings (SSSR count). The van der Waals surface area contributed by atoms with Gasteiger partial charge in [0.2, 0.25) is 0 Å². The highest BCUT2D eigenvalue weighted by molar-refractivity contribution is 6.15. The van der Waals surface area contributed by atoms with E-state index in [-0.39, 0.29) is 5.78 Å². The van der Waals surface area contributed by atoms with Gasteiger partial charge in [-0.3, -0.25) is 4.79 Å². The first kappa shape index (κ1) is 9.91. The SMILES string of the molecule is CCCC=C1C=Cc2ccccc2C1=O. The summed E-state index contributed by atoms with van der Waals surface area (Å²) in [7, 11) is 0. The van der Waals surface area contributed by atoms with Crippen LogP contribution in [0.25, 0.3) is 6.08 Å². The summed E-state index contributed by atoms with van der Waals surface area (Å²) in [6, 6.07) is 7.73. The molecule has 0 N–H and O–H groups in total. The summed E-state index contributed by atoms with van der Waals surface area (Å²) in [6.45, 7) is 2.11. The van der Waals surface area contributed by atoms with Gasteiger partial charge in [-0.05, 0) is 12.0 Å². The fourth-order valence-electron chi connectivity index (χ4n) is 1.72. The number of ketones is 1. The van der Waals surface area contributed by atoms with E-state index < -0.39 is 0 Å². The average Bonchev–Trinajstić information content (AvgIpc) is 2.29. The molecule has 0 saturated carbocycles. The van der Waals surface area contributed by atoms with Crippen molar-refractivity contribution in [2.45, 2.75) is 19.8 Å². The van der Waals surface area contributed by atoms with Crippen molar-refractivity contribution in [2.24, 2.45) is 0 Å². The lowest BCUT2D eigenvalue weighted by atomic mass is 9.92. The van der Waals surface area contributed by atoms with Gasteiger partial charge in [0, 0.05) is 11.1 Å². The van der Waals surface area contributed by atoms with Crippen molar-refractivity contribution in [1.29, 1.82) is 0 Å². The summed E-state index contributed by atoms with van der Waals surface area (Å²) in [5, 5.41) is 0. The van der Waals surface area contributed by atoms with Gasteiger partial charge >= 0.3 is 0 Å². The Bertz CT molecular complexity index is 438. The number of fused-ring (bicyclic) bond motifs is 1. The van der Waals surface area contributed by atoms with Gasteiger partial charge in [0.1, 0.15) is 0 Å². The molecule has 76 valence electrons. The minimum Gasteiger partial charge on any atom is -0.289 e. The third kappa shape index (κ3) is 1.91. The number of hydrogen-bond donors (Lipinski definition) is 0. The van der Waals surface area contributed by atoms with Crippen molar-refractivity contribution in [3.8, 4) is 0 Å². The summed E-state index contributed by atoms with van der Waals surface area (Å²) in [5.41, 5.74) is 2.68. The summed E-state index contributed by atoms with van der Waals surface area (Å²) in [5.74, 6) is 0.154. The molecular formula is C14H14O. The average molecular weight is 198 g/mol. The molecule has 0 aliphatic heterocycles. The number of benzene rings is 1. The van der Waals surface area contributed by atoms with Gasteiger partial charge in [-0.1, -0.05) is 55.8 Å². The topological polar surface area (TPSA) is 17.1 Å². The van der Waals surface area contributed by atoms with Crippen LogP contribution in [0.4, 0.5) is 0 Å². The molecule has 1 aromatic rings. The van der Waals surface area contributed by atoms with Gasteiger partial charge in [-0.2, -0.15) is 0 Å². The maximum atomic E-state index is 12.0. The monoisotopic (exact) mass is 198 g/mol. The highest BCUT2D eigenvalue weighted by atomic mass is 16.1. The molecule has 0 aromatic heterocycles. The molecule has 0 unspecified atom stereocenters. The van der Waals surface area contributed by atoms with Crippen LogP contribution in [0, 0.1) is 0 Å². The molecule has 1 aliphatic carbocycles. The van der Waals surface area contributed by atoms with E-state index in [0.29, 0.717) is 0 Å². The lowest BCUT2D eigenvalue weighted by Gasteiger charge is -2.11. The van der Waals surface area contributed by atoms with Crippen LogP contribution in [0.3, 0.4) is 0 Å². The standard InChI is InChI=1S/C14H14O/c1-2-3-6-12-10-9-11-7-4-5-8-13(11)14(12)15/h4-10H,2-3H2,1H3. The summed E-state index contributed by atoms with van der Waals surface area (Å²) >= 11 is 0. The van der Waals surface area contributed by atoms with E-state index >= 15 is 0 Å². The number of hydrogen-bond acceptors (Lipinski definition) is 1. The minimum atomic E-state index is 0.154. The number of allylic oxidation sites excluding steroid dienone is 3. The summed E-state index contributed by atoms with van der Waals surface area (Å²) in [4.78, 5) is 12.0. The largest absolute Gasteiger partial charge is 0.289 e. The molecule has 0 spiro atoms. The van der Waals surface area contributed by atoms with E-state index in [1.807, 2.05) is 42.5 Å². The minimum absolute atomic E-state index is 0.154. The Kier molecular flexibility index (Phi) is 2.82. The summed E-state index contributed by atoms with van der Waals surface area (Å²) in [6.07, 6.45) is 7.99. The molecule has 0 heterocycles. The van der Waals surface area contributed by atoms with Gasteiger partial charge < -0.3 is 0 Å². The quantitative estimate of drug-likeness (QED) is 0.663. The van der Waals surface area contributed by atoms with Crippen LogP contribution in [0.1, 0.15) is 35.7 Å². The van der Waals surface area contributed by atoms with Crippen molar-refractivity contribution < 1.29 is 4.79 Å². The number of unbranched alkanes of at least 4 members (excludes halogenated alkanes) is 1. The van der Waals surface area contributed by atoms with Crippen LogP contribution >= 0.6 is 0 Å². The third-order valence-corrected chi connectivity index (χ3v) is 2.56. The van der Waals surface area contributed by atoms with E-state index in [0.717, 1.165) is 29.5 Å². The number of carbonyl (C=O) groups is 1. The Hall–Kier alpha value is -1.63. The Labute approximate surface area is 90.1 Å². The molecule has 1 heteroatoms. The zero-order valence-electron chi connectivity index (χ0n) is 8.86. The predicted octanol–water partition coefficient (Wildman–Crippen LogP) is 3.62. The highest BCUT2D eigenvalue weighted by Gasteiger charge is 2.16. The number of carbonyl (C=O) groups excluding carboxylic acids is 1. The number of Topliss-reactive ketones (excluding diaryl/α,β-unsaturated/α-hetero) is 1. The molecule has 0 radical (unpaired) electrons. The first-order chi connectivity index (χ1) is 7.33.